The number of hydrogen-bond acceptors (Lipinski definition) is 3. The fourth-order valence-corrected chi connectivity index (χ4v) is 0.281. The van der Waals surface area contributed by atoms with Crippen molar-refractivity contribution in [3.63, 3.8) is 0 Å². The first-order chi connectivity index (χ1) is 4.09. The molecule has 0 saturated carbocycles. The van der Waals surface area contributed by atoms with Gasteiger partial charge in [0.1, 0.15) is 5.78 Å². The lowest BCUT2D eigenvalue weighted by molar-refractivity contribution is -0.138. The quantitative estimate of drug-likeness (QED) is 0.307. The number of carbonyl (C=O) groups is 2. The highest BCUT2D eigenvalue weighted by atomic mass is 16.5. The SMILES string of the molecule is CC(=O)C(C)C(=O)NO. The summed E-state index contributed by atoms with van der Waals surface area (Å²) < 4.78 is 0. The number of nitrogens with one attached hydrogen (secondary N) is 1. The van der Waals surface area contributed by atoms with Crippen molar-refractivity contribution in [2.45, 2.75) is 13.8 Å². The second-order valence-corrected chi connectivity index (χ2v) is 1.81. The summed E-state index contributed by atoms with van der Waals surface area (Å²) in [6.07, 6.45) is 0. The van der Waals surface area contributed by atoms with Gasteiger partial charge in [-0.05, 0) is 13.8 Å². The normalized spacial score (nSPS) is 12.3. The molecule has 0 aliphatic rings. The number of carbonyl (C=O) groups excluding carboxylic acids is 2. The average molecular weight is 131 g/mol. The summed E-state index contributed by atoms with van der Waals surface area (Å²) in [5.41, 5.74) is 1.39. The number of hydrogen-bond donors (Lipinski definition) is 2. The molecule has 1 amide bonds. The minimum absolute atomic E-state index is 0.262. The van der Waals surface area contributed by atoms with Gasteiger partial charge in [-0.1, -0.05) is 0 Å². The third-order valence-corrected chi connectivity index (χ3v) is 1.11. The van der Waals surface area contributed by atoms with E-state index in [4.69, 9.17) is 5.21 Å². The molecule has 0 saturated heterocycles. The highest BCUT2D eigenvalue weighted by Gasteiger charge is 2.15. The van der Waals surface area contributed by atoms with Crippen LogP contribution in [0, 0.1) is 5.92 Å². The molecule has 0 aromatic rings. The zero-order valence-electron chi connectivity index (χ0n) is 5.34. The van der Waals surface area contributed by atoms with Crippen LogP contribution in [0.25, 0.3) is 0 Å². The Morgan fingerprint density at radius 3 is 2.11 bits per heavy atom. The van der Waals surface area contributed by atoms with Crippen molar-refractivity contribution < 1.29 is 14.8 Å². The second-order valence-electron chi connectivity index (χ2n) is 1.81. The molecule has 0 aromatic carbocycles. The van der Waals surface area contributed by atoms with Crippen LogP contribution in [0.5, 0.6) is 0 Å². The lowest BCUT2D eigenvalue weighted by atomic mass is 10.1. The summed E-state index contributed by atoms with van der Waals surface area (Å²) in [5, 5.41) is 8.00. The smallest absolute Gasteiger partial charge is 0.253 e. The van der Waals surface area contributed by atoms with Gasteiger partial charge in [-0.25, -0.2) is 5.48 Å². The summed E-state index contributed by atoms with van der Waals surface area (Å²) in [4.78, 5) is 20.7. The molecule has 1 unspecified atom stereocenters. The molecule has 0 aromatic heterocycles. The third kappa shape index (κ3) is 2.23. The molecule has 52 valence electrons. The van der Waals surface area contributed by atoms with Gasteiger partial charge in [0.05, 0.1) is 5.92 Å². The van der Waals surface area contributed by atoms with Crippen LogP contribution in [-0.4, -0.2) is 16.9 Å². The van der Waals surface area contributed by atoms with Crippen LogP contribution in [0.2, 0.25) is 0 Å². The van der Waals surface area contributed by atoms with E-state index in [2.05, 4.69) is 0 Å². The van der Waals surface area contributed by atoms with Crippen LogP contribution in [0.4, 0.5) is 0 Å². The molecule has 9 heavy (non-hydrogen) atoms. The maximum Gasteiger partial charge on any atom is 0.253 e. The Morgan fingerprint density at radius 1 is 1.56 bits per heavy atom. The van der Waals surface area contributed by atoms with Crippen molar-refractivity contribution in [2.75, 3.05) is 0 Å². The standard InChI is InChI=1S/C5H9NO3/c1-3(4(2)7)5(8)6-9/h3,9H,1-2H3,(H,6,8). The summed E-state index contributed by atoms with van der Waals surface area (Å²) in [6.45, 7) is 2.72. The van der Waals surface area contributed by atoms with Gasteiger partial charge in [0, 0.05) is 0 Å². The predicted octanol–water partition coefficient (Wildman–Crippen LogP) is -0.283. The summed E-state index contributed by atoms with van der Waals surface area (Å²) in [6, 6.07) is 0. The fraction of sp³-hybridized carbons (Fsp3) is 0.600. The molecule has 0 bridgehead atoms. The molecule has 4 heteroatoms. The molecule has 0 rings (SSSR count). The number of hydroxylamine groups is 1. The predicted molar refractivity (Wildman–Crippen MR) is 29.8 cm³/mol. The first-order valence-corrected chi connectivity index (χ1v) is 2.54. The minimum atomic E-state index is -0.755. The topological polar surface area (TPSA) is 66.4 Å². The van der Waals surface area contributed by atoms with Gasteiger partial charge in [0.25, 0.3) is 5.91 Å². The van der Waals surface area contributed by atoms with Gasteiger partial charge in [0.15, 0.2) is 0 Å². The maximum atomic E-state index is 10.4. The van der Waals surface area contributed by atoms with Crippen LogP contribution in [0.15, 0.2) is 0 Å². The summed E-state index contributed by atoms with van der Waals surface area (Å²) in [7, 11) is 0. The van der Waals surface area contributed by atoms with Gasteiger partial charge in [0.2, 0.25) is 0 Å². The van der Waals surface area contributed by atoms with Gasteiger partial charge < -0.3 is 0 Å². The van der Waals surface area contributed by atoms with Crippen molar-refractivity contribution >= 4 is 11.7 Å². The number of ketones is 1. The molecule has 1 atom stereocenters. The van der Waals surface area contributed by atoms with E-state index in [1.54, 1.807) is 0 Å². The van der Waals surface area contributed by atoms with Crippen molar-refractivity contribution in [2.24, 2.45) is 5.92 Å². The Kier molecular flexibility index (Phi) is 2.87. The number of Topliss-reactive ketones (excluding diaryl/α,β-unsaturated/α-hetero) is 1. The Balaban J connectivity index is 3.88. The Bertz CT molecular complexity index is 132. The highest BCUT2D eigenvalue weighted by Crippen LogP contribution is 1.93. The molecular formula is C5H9NO3. The van der Waals surface area contributed by atoms with Gasteiger partial charge >= 0.3 is 0 Å². The first-order valence-electron chi connectivity index (χ1n) is 2.54. The van der Waals surface area contributed by atoms with E-state index in [1.807, 2.05) is 0 Å². The molecule has 0 heterocycles. The lowest BCUT2D eigenvalue weighted by Gasteiger charge is -2.01. The van der Waals surface area contributed by atoms with Crippen LogP contribution >= 0.6 is 0 Å². The van der Waals surface area contributed by atoms with Crippen LogP contribution in [0.3, 0.4) is 0 Å². The third-order valence-electron chi connectivity index (χ3n) is 1.11. The minimum Gasteiger partial charge on any atom is -0.299 e. The molecule has 2 N–H and O–H groups in total. The van der Waals surface area contributed by atoms with Crippen molar-refractivity contribution in [1.82, 2.24) is 5.48 Å². The van der Waals surface area contributed by atoms with Gasteiger partial charge in [-0.2, -0.15) is 0 Å². The highest BCUT2D eigenvalue weighted by molar-refractivity contribution is 5.99. The molecular weight excluding hydrogens is 122 g/mol. The number of amides is 1. The molecule has 0 spiro atoms. The number of rotatable bonds is 2. The van der Waals surface area contributed by atoms with E-state index >= 15 is 0 Å². The lowest BCUT2D eigenvalue weighted by Crippen LogP contribution is -2.29. The van der Waals surface area contributed by atoms with Gasteiger partial charge in [-0.15, -0.1) is 0 Å². The van der Waals surface area contributed by atoms with E-state index in [9.17, 15) is 9.59 Å². The monoisotopic (exact) mass is 131 g/mol. The Morgan fingerprint density at radius 2 is 2.00 bits per heavy atom. The molecule has 0 aliphatic carbocycles. The van der Waals surface area contributed by atoms with Crippen LogP contribution in [-0.2, 0) is 9.59 Å². The zero-order chi connectivity index (χ0) is 7.44. The first kappa shape index (κ1) is 8.10. The molecule has 0 aliphatic heterocycles. The zero-order valence-corrected chi connectivity index (χ0v) is 5.34. The molecule has 0 radical (unpaired) electrons. The van der Waals surface area contributed by atoms with Crippen LogP contribution < -0.4 is 5.48 Å². The largest absolute Gasteiger partial charge is 0.299 e. The van der Waals surface area contributed by atoms with E-state index in [-0.39, 0.29) is 5.78 Å². The van der Waals surface area contributed by atoms with E-state index in [0.717, 1.165) is 0 Å². The van der Waals surface area contributed by atoms with Crippen molar-refractivity contribution in [3.05, 3.63) is 0 Å². The average Bonchev–Trinajstić information content (AvgIpc) is 1.84. The Labute approximate surface area is 52.8 Å². The summed E-state index contributed by atoms with van der Waals surface area (Å²) >= 11 is 0. The maximum absolute atomic E-state index is 10.4. The van der Waals surface area contributed by atoms with E-state index in [0.29, 0.717) is 0 Å². The second kappa shape index (κ2) is 3.19. The van der Waals surface area contributed by atoms with Crippen molar-refractivity contribution in [3.8, 4) is 0 Å². The fourth-order valence-electron chi connectivity index (χ4n) is 0.281. The van der Waals surface area contributed by atoms with Gasteiger partial charge in [-0.3, -0.25) is 14.8 Å². The van der Waals surface area contributed by atoms with E-state index < -0.39 is 11.8 Å². The molecule has 4 nitrogen and oxygen atoms in total. The van der Waals surface area contributed by atoms with E-state index in [1.165, 1.54) is 19.3 Å². The van der Waals surface area contributed by atoms with Crippen molar-refractivity contribution in [1.29, 1.82) is 0 Å². The van der Waals surface area contributed by atoms with Crippen LogP contribution in [0.1, 0.15) is 13.8 Å². The Hall–Kier alpha value is -0.900. The summed E-state index contributed by atoms with van der Waals surface area (Å²) in [5.74, 6) is -1.68. The molecule has 0 fully saturated rings.